The van der Waals surface area contributed by atoms with E-state index in [-0.39, 0.29) is 36.9 Å². The summed E-state index contributed by atoms with van der Waals surface area (Å²) in [7, 11) is 0. The van der Waals surface area contributed by atoms with Gasteiger partial charge in [-0.3, -0.25) is 4.79 Å². The minimum atomic E-state index is -1.13. The first-order valence-corrected chi connectivity index (χ1v) is 7.94. The number of aromatic nitrogens is 1. The van der Waals surface area contributed by atoms with Gasteiger partial charge in [0.2, 0.25) is 0 Å². The molecule has 1 aromatic carbocycles. The molecule has 1 saturated heterocycles. The Kier molecular flexibility index (Phi) is 5.17. The third-order valence-corrected chi connectivity index (χ3v) is 3.81. The van der Waals surface area contributed by atoms with E-state index in [4.69, 9.17) is 19.1 Å². The minimum Gasteiger partial charge on any atom is -0.482 e. The monoisotopic (exact) mass is 364 g/mol. The Bertz CT molecular complexity index is 808. The number of halogens is 1. The molecule has 26 heavy (non-hydrogen) atoms. The molecule has 0 saturated carbocycles. The number of carbonyl (C=O) groups is 2. The number of carbonyl (C=O) groups excluding carboxylic acids is 1. The summed E-state index contributed by atoms with van der Waals surface area (Å²) >= 11 is 0. The molecular weight excluding hydrogens is 347 g/mol. The van der Waals surface area contributed by atoms with Crippen LogP contribution in [-0.2, 0) is 16.1 Å². The van der Waals surface area contributed by atoms with E-state index in [1.165, 1.54) is 23.1 Å². The molecule has 2 aromatic rings. The predicted octanol–water partition coefficient (Wildman–Crippen LogP) is 1.71. The van der Waals surface area contributed by atoms with Gasteiger partial charge in [0.05, 0.1) is 12.6 Å². The molecule has 1 fully saturated rings. The summed E-state index contributed by atoms with van der Waals surface area (Å²) in [6.07, 6.45) is -1.50. The first kappa shape index (κ1) is 17.9. The molecule has 9 heteroatoms. The lowest BCUT2D eigenvalue weighted by Crippen LogP contribution is -2.51. The van der Waals surface area contributed by atoms with E-state index in [1.807, 2.05) is 0 Å². The molecule has 1 N–H and O–H groups in total. The van der Waals surface area contributed by atoms with Gasteiger partial charge in [-0.1, -0.05) is 17.3 Å². The fraction of sp³-hybridized carbons (Fsp3) is 0.353. The third kappa shape index (κ3) is 3.99. The van der Waals surface area contributed by atoms with Gasteiger partial charge in [-0.25, -0.2) is 9.18 Å². The van der Waals surface area contributed by atoms with Crippen molar-refractivity contribution in [2.45, 2.75) is 25.7 Å². The number of morpholine rings is 1. The van der Waals surface area contributed by atoms with Crippen molar-refractivity contribution in [2.24, 2.45) is 0 Å². The smallest absolute Gasteiger partial charge is 0.334 e. The highest BCUT2D eigenvalue weighted by atomic mass is 19.1. The van der Waals surface area contributed by atoms with Crippen LogP contribution in [0.5, 0.6) is 5.75 Å². The lowest BCUT2D eigenvalue weighted by Gasteiger charge is -2.34. The summed E-state index contributed by atoms with van der Waals surface area (Å²) in [5.41, 5.74) is 0.0235. The summed E-state index contributed by atoms with van der Waals surface area (Å²) in [4.78, 5) is 25.0. The van der Waals surface area contributed by atoms with E-state index in [2.05, 4.69) is 5.16 Å². The fourth-order valence-electron chi connectivity index (χ4n) is 2.61. The molecule has 0 aliphatic carbocycles. The van der Waals surface area contributed by atoms with Crippen molar-refractivity contribution in [1.29, 1.82) is 0 Å². The number of benzene rings is 1. The molecule has 1 amide bonds. The third-order valence-electron chi connectivity index (χ3n) is 3.81. The molecule has 2 atom stereocenters. The van der Waals surface area contributed by atoms with Crippen LogP contribution >= 0.6 is 0 Å². The van der Waals surface area contributed by atoms with E-state index in [9.17, 15) is 14.0 Å². The number of rotatable bonds is 5. The quantitative estimate of drug-likeness (QED) is 0.861. The summed E-state index contributed by atoms with van der Waals surface area (Å²) in [5.74, 6) is -1.80. The zero-order valence-electron chi connectivity index (χ0n) is 13.9. The van der Waals surface area contributed by atoms with Crippen LogP contribution in [0.3, 0.4) is 0 Å². The van der Waals surface area contributed by atoms with E-state index < -0.39 is 29.9 Å². The molecule has 3 rings (SSSR count). The van der Waals surface area contributed by atoms with Gasteiger partial charge < -0.3 is 24.0 Å². The van der Waals surface area contributed by atoms with E-state index in [1.54, 1.807) is 19.1 Å². The number of aliphatic carboxylic acids is 1. The van der Waals surface area contributed by atoms with Gasteiger partial charge in [0.15, 0.2) is 29.1 Å². The van der Waals surface area contributed by atoms with Crippen LogP contribution in [0.4, 0.5) is 4.39 Å². The number of hydrogen-bond acceptors (Lipinski definition) is 6. The highest BCUT2D eigenvalue weighted by Crippen LogP contribution is 2.19. The molecule has 0 bridgehead atoms. The first-order chi connectivity index (χ1) is 12.4. The van der Waals surface area contributed by atoms with Crippen molar-refractivity contribution >= 4 is 11.9 Å². The van der Waals surface area contributed by atoms with E-state index in [0.717, 1.165) is 0 Å². The average Bonchev–Trinajstić information content (AvgIpc) is 3.08. The molecule has 1 aromatic heterocycles. The minimum absolute atomic E-state index is 0.0235. The normalized spacial score (nSPS) is 20.0. The lowest BCUT2D eigenvalue weighted by atomic mass is 10.2. The van der Waals surface area contributed by atoms with E-state index in [0.29, 0.717) is 0 Å². The lowest BCUT2D eigenvalue weighted by molar-refractivity contribution is -0.160. The SMILES string of the molecule is C[C@@H]1CN(C(=O)c2cc(COc3ccccc3F)on2)CC(C(=O)O)O1. The Morgan fingerprint density at radius 2 is 2.15 bits per heavy atom. The van der Waals surface area contributed by atoms with Crippen LogP contribution in [0.25, 0.3) is 0 Å². The number of nitrogens with zero attached hydrogens (tertiary/aromatic N) is 2. The molecular formula is C17H17FN2O6. The highest BCUT2D eigenvalue weighted by molar-refractivity contribution is 5.92. The van der Waals surface area contributed by atoms with E-state index >= 15 is 0 Å². The predicted molar refractivity (Wildman–Crippen MR) is 85.1 cm³/mol. The van der Waals surface area contributed by atoms with Crippen LogP contribution in [-0.4, -0.2) is 52.3 Å². The number of amides is 1. The van der Waals surface area contributed by atoms with Gasteiger partial charge in [0.1, 0.15) is 6.61 Å². The zero-order chi connectivity index (χ0) is 18.7. The molecule has 0 radical (unpaired) electrons. The Morgan fingerprint density at radius 3 is 2.88 bits per heavy atom. The number of para-hydroxylation sites is 1. The largest absolute Gasteiger partial charge is 0.482 e. The van der Waals surface area contributed by atoms with Crippen LogP contribution in [0.2, 0.25) is 0 Å². The molecule has 138 valence electrons. The Hall–Kier alpha value is -2.94. The van der Waals surface area contributed by atoms with Gasteiger partial charge in [-0.15, -0.1) is 0 Å². The summed E-state index contributed by atoms with van der Waals surface area (Å²) in [6, 6.07) is 7.30. The van der Waals surface area contributed by atoms with Crippen LogP contribution < -0.4 is 4.74 Å². The zero-order valence-corrected chi connectivity index (χ0v) is 13.9. The van der Waals surface area contributed by atoms with Gasteiger partial charge >= 0.3 is 5.97 Å². The highest BCUT2D eigenvalue weighted by Gasteiger charge is 2.34. The second kappa shape index (κ2) is 7.52. The van der Waals surface area contributed by atoms with Crippen molar-refractivity contribution in [3.63, 3.8) is 0 Å². The fourth-order valence-corrected chi connectivity index (χ4v) is 2.61. The van der Waals surface area contributed by atoms with Gasteiger partial charge in [0, 0.05) is 12.6 Å². The van der Waals surface area contributed by atoms with Crippen molar-refractivity contribution in [3.05, 3.63) is 47.6 Å². The maximum Gasteiger partial charge on any atom is 0.334 e. The van der Waals surface area contributed by atoms with Crippen molar-refractivity contribution in [1.82, 2.24) is 10.1 Å². The standard InChI is InChI=1S/C17H17FN2O6/c1-10-7-20(8-15(25-10)17(22)23)16(21)13-6-11(26-19-13)9-24-14-5-3-2-4-12(14)18/h2-6,10,15H,7-9H2,1H3,(H,22,23)/t10-,15?/m1/s1. The second-order valence-corrected chi connectivity index (χ2v) is 5.88. The number of hydrogen-bond donors (Lipinski definition) is 1. The Labute approximate surface area is 148 Å². The van der Waals surface area contributed by atoms with Crippen LogP contribution in [0.15, 0.2) is 34.9 Å². The number of carboxylic acids is 1. The first-order valence-electron chi connectivity index (χ1n) is 7.94. The maximum absolute atomic E-state index is 13.5. The van der Waals surface area contributed by atoms with Gasteiger partial charge in [-0.2, -0.15) is 0 Å². The van der Waals surface area contributed by atoms with Crippen LogP contribution in [0, 0.1) is 5.82 Å². The summed E-state index contributed by atoms with van der Waals surface area (Å²) in [5, 5.41) is 12.8. The Morgan fingerprint density at radius 1 is 1.38 bits per heavy atom. The number of ether oxygens (including phenoxy) is 2. The molecule has 1 unspecified atom stereocenters. The molecule has 8 nitrogen and oxygen atoms in total. The van der Waals surface area contributed by atoms with Crippen molar-refractivity contribution in [2.75, 3.05) is 13.1 Å². The number of carboxylic acid groups (broad SMARTS) is 1. The molecule has 1 aliphatic heterocycles. The topological polar surface area (TPSA) is 102 Å². The molecule has 2 heterocycles. The van der Waals surface area contributed by atoms with Gasteiger partial charge in [-0.05, 0) is 19.1 Å². The maximum atomic E-state index is 13.5. The second-order valence-electron chi connectivity index (χ2n) is 5.88. The summed E-state index contributed by atoms with van der Waals surface area (Å²) < 4.78 is 29.1. The molecule has 1 aliphatic rings. The van der Waals surface area contributed by atoms with Crippen molar-refractivity contribution in [3.8, 4) is 5.75 Å². The summed E-state index contributed by atoms with van der Waals surface area (Å²) in [6.45, 7) is 1.76. The Balaban J connectivity index is 1.64. The molecule has 0 spiro atoms. The average molecular weight is 364 g/mol. The van der Waals surface area contributed by atoms with Gasteiger partial charge in [0.25, 0.3) is 5.91 Å². The van der Waals surface area contributed by atoms with Crippen LogP contribution in [0.1, 0.15) is 23.2 Å². The van der Waals surface area contributed by atoms with Crippen molar-refractivity contribution < 1.29 is 33.1 Å².